The Bertz CT molecular complexity index is 301. The predicted molar refractivity (Wildman–Crippen MR) is 64.3 cm³/mol. The zero-order valence-corrected chi connectivity index (χ0v) is 10.8. The van der Waals surface area contributed by atoms with Gasteiger partial charge >= 0.3 is 18.0 Å². The third-order valence-corrected chi connectivity index (χ3v) is 2.13. The van der Waals surface area contributed by atoms with Crippen molar-refractivity contribution in [2.45, 2.75) is 33.2 Å². The lowest BCUT2D eigenvalue weighted by Crippen LogP contribution is -2.48. The Hall–Kier alpha value is -1.79. The van der Waals surface area contributed by atoms with Crippen LogP contribution in [-0.4, -0.2) is 52.2 Å². The normalized spacial score (nSPS) is 12.0. The van der Waals surface area contributed by atoms with Crippen LogP contribution in [0, 0.1) is 5.92 Å². The molecular weight excluding hydrogens is 240 g/mol. The largest absolute Gasteiger partial charge is 0.480 e. The van der Waals surface area contributed by atoms with Gasteiger partial charge in [-0.1, -0.05) is 13.8 Å². The van der Waals surface area contributed by atoms with Crippen molar-refractivity contribution in [3.05, 3.63) is 0 Å². The second-order valence-electron chi connectivity index (χ2n) is 4.62. The molecule has 0 spiro atoms. The highest BCUT2D eigenvalue weighted by Crippen LogP contribution is 2.04. The van der Waals surface area contributed by atoms with Gasteiger partial charge in [-0.25, -0.2) is 4.79 Å². The van der Waals surface area contributed by atoms with Crippen molar-refractivity contribution in [3.63, 3.8) is 0 Å². The van der Waals surface area contributed by atoms with Crippen molar-refractivity contribution < 1.29 is 24.6 Å². The fourth-order valence-electron chi connectivity index (χ4n) is 1.59. The summed E-state index contributed by atoms with van der Waals surface area (Å²) in [4.78, 5) is 33.5. The first-order chi connectivity index (χ1) is 8.22. The van der Waals surface area contributed by atoms with Crippen molar-refractivity contribution >= 4 is 18.0 Å². The van der Waals surface area contributed by atoms with Crippen molar-refractivity contribution in [2.75, 3.05) is 13.1 Å². The number of nitrogens with zero attached hydrogens (tertiary/aromatic N) is 1. The van der Waals surface area contributed by atoms with E-state index < -0.39 is 31.1 Å². The van der Waals surface area contributed by atoms with Gasteiger partial charge in [0.05, 0.1) is 0 Å². The highest BCUT2D eigenvalue weighted by Gasteiger charge is 2.21. The minimum atomic E-state index is -1.25. The van der Waals surface area contributed by atoms with Crippen LogP contribution < -0.4 is 5.32 Å². The topological polar surface area (TPSA) is 107 Å². The summed E-state index contributed by atoms with van der Waals surface area (Å²) < 4.78 is 0. The van der Waals surface area contributed by atoms with Gasteiger partial charge in [-0.3, -0.25) is 9.59 Å². The number of hydrogen-bond acceptors (Lipinski definition) is 3. The van der Waals surface area contributed by atoms with E-state index in [2.05, 4.69) is 5.32 Å². The zero-order chi connectivity index (χ0) is 14.3. The summed E-state index contributed by atoms with van der Waals surface area (Å²) in [5, 5.41) is 19.8. The highest BCUT2D eigenvalue weighted by molar-refractivity contribution is 5.84. The van der Waals surface area contributed by atoms with Gasteiger partial charge in [0.1, 0.15) is 13.1 Å². The van der Waals surface area contributed by atoms with E-state index >= 15 is 0 Å². The molecule has 18 heavy (non-hydrogen) atoms. The predicted octanol–water partition coefficient (Wildman–Crippen LogP) is 0.602. The molecule has 0 radical (unpaired) electrons. The van der Waals surface area contributed by atoms with Crippen LogP contribution in [0.25, 0.3) is 0 Å². The Morgan fingerprint density at radius 2 is 1.50 bits per heavy atom. The summed E-state index contributed by atoms with van der Waals surface area (Å²) in [6.07, 6.45) is 0.736. The number of hydrogen-bond donors (Lipinski definition) is 3. The van der Waals surface area contributed by atoms with Crippen molar-refractivity contribution in [1.29, 1.82) is 0 Å². The molecule has 0 aliphatic heterocycles. The van der Waals surface area contributed by atoms with Gasteiger partial charge in [-0.2, -0.15) is 0 Å². The van der Waals surface area contributed by atoms with E-state index in [0.717, 1.165) is 11.3 Å². The van der Waals surface area contributed by atoms with Crippen LogP contribution >= 0.6 is 0 Å². The zero-order valence-electron chi connectivity index (χ0n) is 10.8. The molecule has 0 saturated heterocycles. The molecule has 0 aromatic rings. The Labute approximate surface area is 106 Å². The molecule has 7 heteroatoms. The number of carbonyl (C=O) groups excluding carboxylic acids is 1. The van der Waals surface area contributed by atoms with Gasteiger partial charge in [0, 0.05) is 6.04 Å². The highest BCUT2D eigenvalue weighted by atomic mass is 16.4. The van der Waals surface area contributed by atoms with E-state index in [4.69, 9.17) is 10.2 Å². The van der Waals surface area contributed by atoms with E-state index in [0.29, 0.717) is 5.92 Å². The molecule has 0 aliphatic carbocycles. The summed E-state index contributed by atoms with van der Waals surface area (Å²) >= 11 is 0. The first-order valence-corrected chi connectivity index (χ1v) is 5.71. The Morgan fingerprint density at radius 1 is 1.06 bits per heavy atom. The van der Waals surface area contributed by atoms with Gasteiger partial charge in [-0.05, 0) is 19.3 Å². The number of amides is 2. The Balaban J connectivity index is 4.45. The van der Waals surface area contributed by atoms with Crippen LogP contribution in [0.3, 0.4) is 0 Å². The quantitative estimate of drug-likeness (QED) is 0.621. The molecular formula is C11H20N2O5. The Morgan fingerprint density at radius 3 is 1.83 bits per heavy atom. The van der Waals surface area contributed by atoms with Crippen LogP contribution in [-0.2, 0) is 9.59 Å². The SMILES string of the molecule is CC(C)CC(C)NC(=O)N(CC(=O)O)CC(=O)O. The average Bonchev–Trinajstić information content (AvgIpc) is 2.13. The van der Waals surface area contributed by atoms with E-state index in [-0.39, 0.29) is 6.04 Å². The maximum absolute atomic E-state index is 11.7. The van der Waals surface area contributed by atoms with Crippen molar-refractivity contribution in [3.8, 4) is 0 Å². The monoisotopic (exact) mass is 260 g/mol. The minimum Gasteiger partial charge on any atom is -0.480 e. The van der Waals surface area contributed by atoms with E-state index in [9.17, 15) is 14.4 Å². The summed E-state index contributed by atoms with van der Waals surface area (Å²) in [6.45, 7) is 4.51. The standard InChI is InChI=1S/C11H20N2O5/c1-7(2)4-8(3)12-11(18)13(5-9(14)15)6-10(16)17/h7-8H,4-6H2,1-3H3,(H,12,18)(H,14,15)(H,16,17). The van der Waals surface area contributed by atoms with Gasteiger partial charge in [-0.15, -0.1) is 0 Å². The summed E-state index contributed by atoms with van der Waals surface area (Å²) in [5.74, 6) is -2.11. The number of carbonyl (C=O) groups is 3. The van der Waals surface area contributed by atoms with E-state index in [1.807, 2.05) is 13.8 Å². The van der Waals surface area contributed by atoms with Crippen LogP contribution in [0.15, 0.2) is 0 Å². The molecule has 1 atom stereocenters. The maximum atomic E-state index is 11.7. The molecule has 0 rings (SSSR count). The average molecular weight is 260 g/mol. The van der Waals surface area contributed by atoms with Gasteiger partial charge in [0.15, 0.2) is 0 Å². The lowest BCUT2D eigenvalue weighted by molar-refractivity contribution is -0.140. The molecule has 0 heterocycles. The van der Waals surface area contributed by atoms with Gasteiger partial charge < -0.3 is 20.4 Å². The van der Waals surface area contributed by atoms with Crippen LogP contribution in [0.1, 0.15) is 27.2 Å². The molecule has 2 amide bonds. The molecule has 0 bridgehead atoms. The fourth-order valence-corrected chi connectivity index (χ4v) is 1.59. The lowest BCUT2D eigenvalue weighted by atomic mass is 10.1. The smallest absolute Gasteiger partial charge is 0.323 e. The second kappa shape index (κ2) is 7.52. The minimum absolute atomic E-state index is 0.136. The van der Waals surface area contributed by atoms with Gasteiger partial charge in [0.25, 0.3) is 0 Å². The number of rotatable bonds is 7. The van der Waals surface area contributed by atoms with Crippen LogP contribution in [0.4, 0.5) is 4.79 Å². The molecule has 104 valence electrons. The first-order valence-electron chi connectivity index (χ1n) is 5.71. The van der Waals surface area contributed by atoms with Gasteiger partial charge in [0.2, 0.25) is 0 Å². The van der Waals surface area contributed by atoms with E-state index in [1.54, 1.807) is 6.92 Å². The summed E-state index contributed by atoms with van der Waals surface area (Å²) in [5.41, 5.74) is 0. The molecule has 0 saturated carbocycles. The first kappa shape index (κ1) is 16.2. The molecule has 1 unspecified atom stereocenters. The summed E-state index contributed by atoms with van der Waals surface area (Å²) in [7, 11) is 0. The Kier molecular flexibility index (Phi) is 6.77. The fraction of sp³-hybridized carbons (Fsp3) is 0.727. The number of nitrogens with one attached hydrogen (secondary N) is 1. The number of urea groups is 1. The molecule has 0 aliphatic rings. The summed E-state index contributed by atoms with van der Waals surface area (Å²) in [6, 6.07) is -0.810. The lowest BCUT2D eigenvalue weighted by Gasteiger charge is -2.23. The third kappa shape index (κ3) is 7.48. The van der Waals surface area contributed by atoms with Crippen molar-refractivity contribution in [2.24, 2.45) is 5.92 Å². The van der Waals surface area contributed by atoms with Crippen molar-refractivity contribution in [1.82, 2.24) is 10.2 Å². The van der Waals surface area contributed by atoms with Crippen LogP contribution in [0.5, 0.6) is 0 Å². The number of carboxylic acid groups (broad SMARTS) is 2. The third-order valence-electron chi connectivity index (χ3n) is 2.13. The molecule has 3 N–H and O–H groups in total. The molecule has 0 fully saturated rings. The molecule has 0 aromatic heterocycles. The van der Waals surface area contributed by atoms with E-state index in [1.165, 1.54) is 0 Å². The maximum Gasteiger partial charge on any atom is 0.323 e. The molecule has 7 nitrogen and oxygen atoms in total. The second-order valence-corrected chi connectivity index (χ2v) is 4.62. The van der Waals surface area contributed by atoms with Crippen LogP contribution in [0.2, 0.25) is 0 Å². The molecule has 0 aromatic carbocycles. The number of aliphatic carboxylic acids is 2. The number of carboxylic acids is 2.